The number of H-pyrrole nitrogens is 1. The minimum Gasteiger partial charge on any atom is -0.207 e. The Morgan fingerprint density at radius 2 is 1.48 bits per heavy atom. The summed E-state index contributed by atoms with van der Waals surface area (Å²) in [7, 11) is -4.30. The van der Waals surface area contributed by atoms with E-state index in [1.165, 1.54) is 10.4 Å². The number of rotatable bonds is 7. The molecule has 1 N–H and O–H groups in total. The molecule has 0 unspecified atom stereocenters. The van der Waals surface area contributed by atoms with Gasteiger partial charge >= 0.3 is 0 Å². The first-order chi connectivity index (χ1) is 15.0. The van der Waals surface area contributed by atoms with Crippen LogP contribution >= 0.6 is 15.9 Å². The molecule has 7 nitrogen and oxygen atoms in total. The highest BCUT2D eigenvalue weighted by molar-refractivity contribution is 9.10. The Labute approximate surface area is 187 Å². The van der Waals surface area contributed by atoms with Crippen molar-refractivity contribution in [2.75, 3.05) is 0 Å². The van der Waals surface area contributed by atoms with E-state index in [-0.39, 0.29) is 24.5 Å². The molecule has 0 aliphatic rings. The van der Waals surface area contributed by atoms with Crippen molar-refractivity contribution in [3.05, 3.63) is 94.2 Å². The van der Waals surface area contributed by atoms with Crippen LogP contribution in [-0.2, 0) is 23.1 Å². The van der Waals surface area contributed by atoms with Gasteiger partial charge in [0.2, 0.25) is 15.8 Å². The first kappa shape index (κ1) is 21.3. The number of aromatic nitrogens is 4. The molecule has 0 radical (unpaired) electrons. The number of hydrogen-bond donors (Lipinski definition) is 1. The van der Waals surface area contributed by atoms with Crippen LogP contribution < -0.4 is 0 Å². The van der Waals surface area contributed by atoms with E-state index in [2.05, 4.69) is 36.6 Å². The van der Waals surface area contributed by atoms with Crippen LogP contribution in [0, 0.1) is 5.82 Å². The van der Waals surface area contributed by atoms with E-state index in [1.54, 1.807) is 0 Å². The van der Waals surface area contributed by atoms with Gasteiger partial charge in [-0.15, -0.1) is 10.2 Å². The van der Waals surface area contributed by atoms with Crippen molar-refractivity contribution in [1.29, 1.82) is 0 Å². The lowest BCUT2D eigenvalue weighted by Crippen LogP contribution is -2.31. The quantitative estimate of drug-likeness (QED) is 0.410. The maximum Gasteiger partial charge on any atom is 0.247 e. The van der Waals surface area contributed by atoms with Gasteiger partial charge in [0, 0.05) is 17.6 Å². The van der Waals surface area contributed by atoms with Gasteiger partial charge in [-0.3, -0.25) is 0 Å². The Bertz CT molecular complexity index is 1230. The average Bonchev–Trinajstić information content (AvgIpc) is 3.30. The standard InChI is InChI=1S/C21H17BrFN5O2S/c22-17-11-12-18(23)20(19(17)21-24-26-27-25-21)31(29,30)28(13-15-7-3-1-4-8-15)14-16-9-5-2-6-10-16/h1-12H,13-14H2,(H,24,25,26,27). The Morgan fingerprint density at radius 3 is 2.00 bits per heavy atom. The molecule has 1 aromatic heterocycles. The lowest BCUT2D eigenvalue weighted by Gasteiger charge is -2.24. The number of benzene rings is 3. The fourth-order valence-corrected chi connectivity index (χ4v) is 5.50. The van der Waals surface area contributed by atoms with Crippen LogP contribution in [0.1, 0.15) is 11.1 Å². The molecule has 0 saturated carbocycles. The number of sulfonamides is 1. The third-order valence-corrected chi connectivity index (χ3v) is 7.14. The molecule has 0 aliphatic heterocycles. The Morgan fingerprint density at radius 1 is 0.903 bits per heavy atom. The van der Waals surface area contributed by atoms with Gasteiger partial charge in [-0.1, -0.05) is 60.7 Å². The molecule has 0 bridgehead atoms. The highest BCUT2D eigenvalue weighted by Crippen LogP contribution is 2.36. The second-order valence-corrected chi connectivity index (χ2v) is 9.44. The van der Waals surface area contributed by atoms with E-state index in [1.807, 2.05) is 60.7 Å². The molecule has 0 fully saturated rings. The predicted molar refractivity (Wildman–Crippen MR) is 117 cm³/mol. The summed E-state index contributed by atoms with van der Waals surface area (Å²) in [4.78, 5) is -0.505. The molecular formula is C21H17BrFN5O2S. The van der Waals surface area contributed by atoms with E-state index in [0.717, 1.165) is 17.2 Å². The van der Waals surface area contributed by atoms with Crippen LogP contribution in [0.25, 0.3) is 11.4 Å². The second kappa shape index (κ2) is 9.04. The number of tetrazole rings is 1. The highest BCUT2D eigenvalue weighted by Gasteiger charge is 2.33. The summed E-state index contributed by atoms with van der Waals surface area (Å²) in [6, 6.07) is 20.8. The third kappa shape index (κ3) is 4.55. The molecule has 4 aromatic rings. The smallest absolute Gasteiger partial charge is 0.207 e. The summed E-state index contributed by atoms with van der Waals surface area (Å²) in [5.74, 6) is -0.918. The molecule has 31 heavy (non-hydrogen) atoms. The van der Waals surface area contributed by atoms with Gasteiger partial charge in [-0.2, -0.15) is 9.52 Å². The minimum absolute atomic E-state index is 0.0138. The van der Waals surface area contributed by atoms with Gasteiger partial charge in [0.25, 0.3) is 0 Å². The molecule has 10 heteroatoms. The van der Waals surface area contributed by atoms with Gasteiger partial charge < -0.3 is 0 Å². The van der Waals surface area contributed by atoms with Crippen molar-refractivity contribution in [1.82, 2.24) is 24.9 Å². The van der Waals surface area contributed by atoms with Gasteiger partial charge in [-0.25, -0.2) is 12.8 Å². The normalized spacial score (nSPS) is 11.7. The fourth-order valence-electron chi connectivity index (χ4n) is 3.19. The lowest BCUT2D eigenvalue weighted by molar-refractivity contribution is 0.398. The van der Waals surface area contributed by atoms with Crippen LogP contribution in [-0.4, -0.2) is 33.3 Å². The summed E-state index contributed by atoms with van der Waals surface area (Å²) >= 11 is 3.31. The molecule has 0 amide bonds. The first-order valence-corrected chi connectivity index (χ1v) is 11.5. The van der Waals surface area contributed by atoms with E-state index < -0.39 is 20.7 Å². The largest absolute Gasteiger partial charge is 0.247 e. The molecule has 4 rings (SSSR count). The van der Waals surface area contributed by atoms with Crippen LogP contribution in [0.5, 0.6) is 0 Å². The van der Waals surface area contributed by atoms with Gasteiger partial charge in [0.15, 0.2) is 0 Å². The topological polar surface area (TPSA) is 91.8 Å². The fraction of sp³-hybridized carbons (Fsp3) is 0.0952. The van der Waals surface area contributed by atoms with Crippen LogP contribution in [0.3, 0.4) is 0 Å². The van der Waals surface area contributed by atoms with E-state index in [9.17, 15) is 8.42 Å². The Hall–Kier alpha value is -2.95. The summed E-state index contributed by atoms with van der Waals surface area (Å²) in [5.41, 5.74) is 1.57. The van der Waals surface area contributed by atoms with Crippen LogP contribution in [0.2, 0.25) is 0 Å². The van der Waals surface area contributed by atoms with Crippen molar-refractivity contribution >= 4 is 26.0 Å². The molecule has 1 heterocycles. The summed E-state index contributed by atoms with van der Waals surface area (Å²) in [5, 5.41) is 13.5. The molecule has 0 aliphatic carbocycles. The number of nitrogens with one attached hydrogen (secondary N) is 1. The molecule has 0 saturated heterocycles. The van der Waals surface area contributed by atoms with Gasteiger partial charge in [0.1, 0.15) is 10.7 Å². The molecule has 0 spiro atoms. The summed E-state index contributed by atoms with van der Waals surface area (Å²) in [6.07, 6.45) is 0. The molecule has 158 valence electrons. The van der Waals surface area contributed by atoms with Gasteiger partial charge in [0.05, 0.1) is 5.56 Å². The van der Waals surface area contributed by atoms with Crippen molar-refractivity contribution in [2.24, 2.45) is 0 Å². The highest BCUT2D eigenvalue weighted by atomic mass is 79.9. The van der Waals surface area contributed by atoms with E-state index >= 15 is 4.39 Å². The zero-order chi connectivity index (χ0) is 21.8. The van der Waals surface area contributed by atoms with Gasteiger partial charge in [-0.05, 0) is 44.4 Å². The van der Waals surface area contributed by atoms with Crippen molar-refractivity contribution in [3.8, 4) is 11.4 Å². The Balaban J connectivity index is 1.86. The number of aromatic amines is 1. The van der Waals surface area contributed by atoms with Crippen LogP contribution in [0.15, 0.2) is 82.2 Å². The average molecular weight is 502 g/mol. The molecular weight excluding hydrogens is 485 g/mol. The van der Waals surface area contributed by atoms with Crippen molar-refractivity contribution < 1.29 is 12.8 Å². The maximum absolute atomic E-state index is 15.0. The number of nitrogens with zero attached hydrogens (tertiary/aromatic N) is 4. The Kier molecular flexibility index (Phi) is 6.21. The van der Waals surface area contributed by atoms with E-state index in [0.29, 0.717) is 4.47 Å². The van der Waals surface area contributed by atoms with Crippen molar-refractivity contribution in [2.45, 2.75) is 18.0 Å². The minimum atomic E-state index is -4.30. The lowest BCUT2D eigenvalue weighted by atomic mass is 10.2. The maximum atomic E-state index is 15.0. The van der Waals surface area contributed by atoms with Crippen LogP contribution in [0.4, 0.5) is 4.39 Å². The summed E-state index contributed by atoms with van der Waals surface area (Å²) in [6.45, 7) is 0.130. The predicted octanol–water partition coefficient (Wildman–Crippen LogP) is 4.16. The first-order valence-electron chi connectivity index (χ1n) is 9.26. The zero-order valence-electron chi connectivity index (χ0n) is 16.1. The monoisotopic (exact) mass is 501 g/mol. The third-order valence-electron chi connectivity index (χ3n) is 4.63. The van der Waals surface area contributed by atoms with E-state index in [4.69, 9.17) is 0 Å². The summed E-state index contributed by atoms with van der Waals surface area (Å²) < 4.78 is 44.2. The molecule has 3 aromatic carbocycles. The number of hydrogen-bond acceptors (Lipinski definition) is 5. The molecule has 0 atom stereocenters. The van der Waals surface area contributed by atoms with Crippen molar-refractivity contribution in [3.63, 3.8) is 0 Å². The SMILES string of the molecule is O=S(=O)(c1c(F)ccc(Br)c1-c1nn[nH]n1)N(Cc1ccccc1)Cc1ccccc1. The number of halogens is 2. The zero-order valence-corrected chi connectivity index (χ0v) is 18.5. The second-order valence-electron chi connectivity index (χ2n) is 6.71.